The highest BCUT2D eigenvalue weighted by Crippen LogP contribution is 2.43. The zero-order chi connectivity index (χ0) is 21.7. The minimum Gasteiger partial charge on any atom is -0.460 e. The van der Waals surface area contributed by atoms with Crippen molar-refractivity contribution in [2.24, 2.45) is 0 Å². The summed E-state index contributed by atoms with van der Waals surface area (Å²) in [7, 11) is 0. The largest absolute Gasteiger partial charge is 0.460 e. The van der Waals surface area contributed by atoms with E-state index in [1.807, 2.05) is 0 Å². The molecule has 0 atom stereocenters. The molecule has 6 aromatic rings. The van der Waals surface area contributed by atoms with Gasteiger partial charge in [-0.3, -0.25) is 0 Å². The van der Waals surface area contributed by atoms with Gasteiger partial charge in [0.25, 0.3) is 0 Å². The molecule has 0 aliphatic heterocycles. The molecule has 0 fully saturated rings. The van der Waals surface area contributed by atoms with E-state index in [1.54, 1.807) is 0 Å². The van der Waals surface area contributed by atoms with Crippen molar-refractivity contribution in [2.45, 2.75) is 26.7 Å². The molecule has 6 rings (SSSR count). The molecule has 0 spiro atoms. The average molecular weight is 417 g/mol. The molecule has 32 heavy (non-hydrogen) atoms. The number of aryl methyl sites for hydroxylation is 2. The van der Waals surface area contributed by atoms with E-state index in [-0.39, 0.29) is 0 Å². The van der Waals surface area contributed by atoms with Gasteiger partial charge in [-0.1, -0.05) is 74.5 Å². The number of furan rings is 2. The third kappa shape index (κ3) is 2.73. The second-order valence-corrected chi connectivity index (χ2v) is 8.22. The van der Waals surface area contributed by atoms with E-state index in [0.717, 1.165) is 57.1 Å². The Bertz CT molecular complexity index is 1450. The zero-order valence-corrected chi connectivity index (χ0v) is 18.3. The first kappa shape index (κ1) is 18.9. The molecule has 0 saturated carbocycles. The number of hydrogen-bond donors (Lipinski definition) is 0. The van der Waals surface area contributed by atoms with Crippen molar-refractivity contribution in [3.05, 3.63) is 96.4 Å². The Labute approximate surface area is 187 Å². The van der Waals surface area contributed by atoms with Crippen molar-refractivity contribution < 1.29 is 8.83 Å². The molecule has 2 nitrogen and oxygen atoms in total. The van der Waals surface area contributed by atoms with E-state index in [1.165, 1.54) is 22.3 Å². The fraction of sp³-hybridized carbons (Fsp3) is 0.133. The van der Waals surface area contributed by atoms with Gasteiger partial charge in [-0.05, 0) is 35.4 Å². The Hall–Kier alpha value is -3.78. The van der Waals surface area contributed by atoms with Crippen molar-refractivity contribution >= 4 is 32.7 Å². The lowest BCUT2D eigenvalue weighted by Gasteiger charge is -2.03. The van der Waals surface area contributed by atoms with Gasteiger partial charge in [0, 0.05) is 45.5 Å². The summed E-state index contributed by atoms with van der Waals surface area (Å²) in [5.74, 6) is 2.05. The Morgan fingerprint density at radius 2 is 0.844 bits per heavy atom. The molecular weight excluding hydrogens is 392 g/mol. The lowest BCUT2D eigenvalue weighted by atomic mass is 9.96. The normalized spacial score (nSPS) is 11.7. The lowest BCUT2D eigenvalue weighted by Crippen LogP contribution is -1.82. The predicted molar refractivity (Wildman–Crippen MR) is 133 cm³/mol. The van der Waals surface area contributed by atoms with Crippen LogP contribution >= 0.6 is 0 Å². The van der Waals surface area contributed by atoms with Crippen LogP contribution in [0.3, 0.4) is 0 Å². The molecular formula is C30H24O2. The van der Waals surface area contributed by atoms with Crippen LogP contribution in [0.25, 0.3) is 55.0 Å². The molecule has 0 bridgehead atoms. The first-order valence-electron chi connectivity index (χ1n) is 11.3. The van der Waals surface area contributed by atoms with Crippen molar-refractivity contribution in [3.63, 3.8) is 0 Å². The number of fused-ring (bicyclic) bond motifs is 5. The third-order valence-electron chi connectivity index (χ3n) is 6.42. The summed E-state index contributed by atoms with van der Waals surface area (Å²) < 4.78 is 12.9. The van der Waals surface area contributed by atoms with Gasteiger partial charge in [-0.2, -0.15) is 0 Å². The minimum absolute atomic E-state index is 0.849. The number of benzene rings is 4. The smallest absolute Gasteiger partial charge is 0.142 e. The van der Waals surface area contributed by atoms with Crippen molar-refractivity contribution in [2.75, 3.05) is 0 Å². The van der Waals surface area contributed by atoms with Crippen LogP contribution < -0.4 is 0 Å². The van der Waals surface area contributed by atoms with E-state index in [9.17, 15) is 0 Å². The number of rotatable bonds is 4. The van der Waals surface area contributed by atoms with E-state index in [0.29, 0.717) is 0 Å². The van der Waals surface area contributed by atoms with Gasteiger partial charge in [0.2, 0.25) is 0 Å². The second-order valence-electron chi connectivity index (χ2n) is 8.22. The first-order valence-corrected chi connectivity index (χ1v) is 11.3. The highest BCUT2D eigenvalue weighted by molar-refractivity contribution is 6.18. The highest BCUT2D eigenvalue weighted by atomic mass is 16.3. The van der Waals surface area contributed by atoms with Gasteiger partial charge in [-0.15, -0.1) is 0 Å². The molecule has 156 valence electrons. The fourth-order valence-electron chi connectivity index (χ4n) is 4.95. The van der Waals surface area contributed by atoms with Gasteiger partial charge < -0.3 is 8.83 Å². The Morgan fingerprint density at radius 3 is 1.22 bits per heavy atom. The van der Waals surface area contributed by atoms with Crippen molar-refractivity contribution in [3.8, 4) is 22.3 Å². The maximum Gasteiger partial charge on any atom is 0.142 e. The maximum absolute atomic E-state index is 6.47. The predicted octanol–water partition coefficient (Wildman–Crippen LogP) is 8.79. The minimum atomic E-state index is 0.849. The summed E-state index contributed by atoms with van der Waals surface area (Å²) in [5, 5.41) is 4.52. The van der Waals surface area contributed by atoms with Crippen LogP contribution in [-0.2, 0) is 12.8 Å². The van der Waals surface area contributed by atoms with Gasteiger partial charge >= 0.3 is 0 Å². The molecule has 0 amide bonds. The summed E-state index contributed by atoms with van der Waals surface area (Å²) in [6.07, 6.45) is 1.70. The van der Waals surface area contributed by atoms with E-state index in [2.05, 4.69) is 98.8 Å². The maximum atomic E-state index is 6.47. The summed E-state index contributed by atoms with van der Waals surface area (Å²) >= 11 is 0. The second kappa shape index (κ2) is 7.42. The van der Waals surface area contributed by atoms with Crippen LogP contribution in [0.5, 0.6) is 0 Å². The number of hydrogen-bond acceptors (Lipinski definition) is 2. The molecule has 2 aromatic heterocycles. The third-order valence-corrected chi connectivity index (χ3v) is 6.42. The quantitative estimate of drug-likeness (QED) is 0.287. The topological polar surface area (TPSA) is 26.3 Å². The van der Waals surface area contributed by atoms with Crippen LogP contribution in [0.1, 0.15) is 25.4 Å². The van der Waals surface area contributed by atoms with Gasteiger partial charge in [0.05, 0.1) is 0 Å². The summed E-state index contributed by atoms with van der Waals surface area (Å²) in [6.45, 7) is 4.30. The van der Waals surface area contributed by atoms with Gasteiger partial charge in [0.15, 0.2) is 0 Å². The van der Waals surface area contributed by atoms with Crippen molar-refractivity contribution in [1.82, 2.24) is 0 Å². The SMILES string of the molecule is CCc1oc2c(ccc3c2ccc2c(-c4ccccc4)c(CC)oc23)c1-c1ccccc1. The Balaban J connectivity index is 1.67. The molecule has 0 aliphatic rings. The highest BCUT2D eigenvalue weighted by Gasteiger charge is 2.21. The lowest BCUT2D eigenvalue weighted by molar-refractivity contribution is 0.559. The summed E-state index contributed by atoms with van der Waals surface area (Å²) in [6, 6.07) is 29.8. The Kier molecular flexibility index (Phi) is 4.39. The van der Waals surface area contributed by atoms with E-state index >= 15 is 0 Å². The van der Waals surface area contributed by atoms with Gasteiger partial charge in [0.1, 0.15) is 22.7 Å². The standard InChI is InChI=1S/C30H24O2/c1-3-25-27(19-11-7-5-8-12-19)23-17-15-22-21(29(23)31-25)16-18-24-28(20-13-9-6-10-14-20)26(4-2)32-30(22)24/h5-18H,3-4H2,1-2H3. The summed E-state index contributed by atoms with van der Waals surface area (Å²) in [5.41, 5.74) is 6.67. The molecule has 4 aromatic carbocycles. The van der Waals surface area contributed by atoms with Crippen LogP contribution in [-0.4, -0.2) is 0 Å². The van der Waals surface area contributed by atoms with Crippen LogP contribution in [0.4, 0.5) is 0 Å². The summed E-state index contributed by atoms with van der Waals surface area (Å²) in [4.78, 5) is 0. The van der Waals surface area contributed by atoms with Gasteiger partial charge in [-0.25, -0.2) is 0 Å². The molecule has 0 N–H and O–H groups in total. The monoisotopic (exact) mass is 416 g/mol. The molecule has 2 heterocycles. The van der Waals surface area contributed by atoms with E-state index < -0.39 is 0 Å². The van der Waals surface area contributed by atoms with Crippen LogP contribution in [0.2, 0.25) is 0 Å². The molecule has 0 aliphatic carbocycles. The van der Waals surface area contributed by atoms with Crippen molar-refractivity contribution in [1.29, 1.82) is 0 Å². The fourth-order valence-corrected chi connectivity index (χ4v) is 4.95. The molecule has 0 unspecified atom stereocenters. The molecule has 2 heteroatoms. The van der Waals surface area contributed by atoms with E-state index in [4.69, 9.17) is 8.83 Å². The molecule has 0 radical (unpaired) electrons. The first-order chi connectivity index (χ1) is 15.8. The average Bonchev–Trinajstić information content (AvgIpc) is 3.43. The van der Waals surface area contributed by atoms with Crippen LogP contribution in [0.15, 0.2) is 93.8 Å². The van der Waals surface area contributed by atoms with Crippen LogP contribution in [0, 0.1) is 0 Å². The zero-order valence-electron chi connectivity index (χ0n) is 18.3. The molecule has 0 saturated heterocycles. The Morgan fingerprint density at radius 1 is 0.469 bits per heavy atom.